The maximum absolute atomic E-state index is 12.9. The van der Waals surface area contributed by atoms with E-state index in [1.54, 1.807) is 6.92 Å². The zero-order valence-corrected chi connectivity index (χ0v) is 9.55. The van der Waals surface area contributed by atoms with Crippen molar-refractivity contribution in [2.45, 2.75) is 13.0 Å². The number of carbonyl (C=O) groups is 1. The molecule has 1 unspecified atom stereocenters. The third-order valence-corrected chi connectivity index (χ3v) is 2.63. The molecule has 94 valence electrons. The van der Waals surface area contributed by atoms with E-state index in [0.717, 1.165) is 0 Å². The first-order valence-electron chi connectivity index (χ1n) is 5.26. The van der Waals surface area contributed by atoms with Crippen molar-refractivity contribution in [2.75, 3.05) is 0 Å². The summed E-state index contributed by atoms with van der Waals surface area (Å²) in [6.07, 6.45) is -1.11. The highest BCUT2D eigenvalue weighted by atomic mass is 19.1. The summed E-state index contributed by atoms with van der Waals surface area (Å²) in [5, 5.41) is 18.8. The van der Waals surface area contributed by atoms with Gasteiger partial charge in [0.1, 0.15) is 17.7 Å². The van der Waals surface area contributed by atoms with E-state index >= 15 is 0 Å². The molecule has 0 amide bonds. The second-order valence-electron chi connectivity index (χ2n) is 3.91. The van der Waals surface area contributed by atoms with Gasteiger partial charge in [-0.05, 0) is 42.3 Å². The molecular formula is C13H11FO4. The lowest BCUT2D eigenvalue weighted by Crippen LogP contribution is -2.01. The van der Waals surface area contributed by atoms with Gasteiger partial charge in [-0.2, -0.15) is 0 Å². The number of halogens is 1. The minimum atomic E-state index is -1.20. The first-order chi connectivity index (χ1) is 8.49. The molecule has 0 aliphatic carbocycles. The maximum Gasteiger partial charge on any atom is 0.371 e. The van der Waals surface area contributed by atoms with Crippen molar-refractivity contribution in [2.24, 2.45) is 0 Å². The Morgan fingerprint density at radius 1 is 1.33 bits per heavy atom. The second kappa shape index (κ2) is 4.62. The fourth-order valence-electron chi connectivity index (χ4n) is 1.71. The molecule has 2 N–H and O–H groups in total. The van der Waals surface area contributed by atoms with Crippen molar-refractivity contribution in [1.82, 2.24) is 0 Å². The molecule has 1 aromatic carbocycles. The van der Waals surface area contributed by atoms with Gasteiger partial charge in [0.05, 0.1) is 0 Å². The van der Waals surface area contributed by atoms with Crippen LogP contribution >= 0.6 is 0 Å². The minimum Gasteiger partial charge on any atom is -0.475 e. The van der Waals surface area contributed by atoms with Gasteiger partial charge >= 0.3 is 5.97 Å². The van der Waals surface area contributed by atoms with E-state index in [-0.39, 0.29) is 11.5 Å². The van der Waals surface area contributed by atoms with Crippen LogP contribution in [0, 0.1) is 12.7 Å². The number of carboxylic acids is 1. The van der Waals surface area contributed by atoms with Crippen LogP contribution in [0.1, 0.15) is 33.5 Å². The standard InChI is InChI=1S/C13H11FO4/c1-7-6-8(14)2-3-9(7)12(15)10-4-5-11(18-10)13(16)17/h2-6,12,15H,1H3,(H,16,17). The molecule has 0 saturated carbocycles. The van der Waals surface area contributed by atoms with Crippen LogP contribution in [0.3, 0.4) is 0 Å². The van der Waals surface area contributed by atoms with Crippen LogP contribution in [-0.4, -0.2) is 16.2 Å². The Morgan fingerprint density at radius 2 is 2.06 bits per heavy atom. The average molecular weight is 250 g/mol. The van der Waals surface area contributed by atoms with E-state index in [4.69, 9.17) is 9.52 Å². The predicted octanol–water partition coefficient (Wildman–Crippen LogP) is 2.51. The summed E-state index contributed by atoms with van der Waals surface area (Å²) < 4.78 is 17.9. The van der Waals surface area contributed by atoms with Gasteiger partial charge in [-0.25, -0.2) is 9.18 Å². The summed E-state index contributed by atoms with van der Waals surface area (Å²) in [5.74, 6) is -1.73. The molecule has 2 rings (SSSR count). The van der Waals surface area contributed by atoms with Crippen LogP contribution in [0.25, 0.3) is 0 Å². The van der Waals surface area contributed by atoms with Gasteiger partial charge in [-0.3, -0.25) is 0 Å². The Kier molecular flexibility index (Phi) is 3.16. The van der Waals surface area contributed by atoms with E-state index in [0.29, 0.717) is 11.1 Å². The maximum atomic E-state index is 12.9. The molecule has 2 aromatic rings. The summed E-state index contributed by atoms with van der Waals surface area (Å²) in [6.45, 7) is 1.66. The quantitative estimate of drug-likeness (QED) is 0.878. The van der Waals surface area contributed by atoms with Crippen LogP contribution in [0.4, 0.5) is 4.39 Å². The van der Waals surface area contributed by atoms with E-state index in [1.807, 2.05) is 0 Å². The van der Waals surface area contributed by atoms with Crippen molar-refractivity contribution in [1.29, 1.82) is 0 Å². The highest BCUT2D eigenvalue weighted by Gasteiger charge is 2.19. The molecular weight excluding hydrogens is 239 g/mol. The van der Waals surface area contributed by atoms with E-state index in [1.165, 1.54) is 30.3 Å². The van der Waals surface area contributed by atoms with E-state index in [2.05, 4.69) is 0 Å². The lowest BCUT2D eigenvalue weighted by atomic mass is 10.0. The van der Waals surface area contributed by atoms with E-state index in [9.17, 15) is 14.3 Å². The van der Waals surface area contributed by atoms with Crippen molar-refractivity contribution in [3.63, 3.8) is 0 Å². The van der Waals surface area contributed by atoms with E-state index < -0.39 is 17.9 Å². The number of benzene rings is 1. The molecule has 0 saturated heterocycles. The van der Waals surface area contributed by atoms with Gasteiger partial charge in [0, 0.05) is 0 Å². The van der Waals surface area contributed by atoms with Gasteiger partial charge in [0.15, 0.2) is 0 Å². The molecule has 0 aliphatic rings. The normalized spacial score (nSPS) is 12.4. The van der Waals surface area contributed by atoms with Crippen molar-refractivity contribution in [3.8, 4) is 0 Å². The van der Waals surface area contributed by atoms with Gasteiger partial charge in [0.25, 0.3) is 0 Å². The molecule has 5 heteroatoms. The van der Waals surface area contributed by atoms with Crippen LogP contribution in [0.2, 0.25) is 0 Å². The monoisotopic (exact) mass is 250 g/mol. The smallest absolute Gasteiger partial charge is 0.371 e. The number of aliphatic hydroxyl groups excluding tert-OH is 1. The topological polar surface area (TPSA) is 70.7 Å². The van der Waals surface area contributed by atoms with Crippen molar-refractivity contribution >= 4 is 5.97 Å². The fourth-order valence-corrected chi connectivity index (χ4v) is 1.71. The molecule has 1 atom stereocenters. The first-order valence-corrected chi connectivity index (χ1v) is 5.26. The molecule has 0 radical (unpaired) electrons. The van der Waals surface area contributed by atoms with Crippen LogP contribution in [0.15, 0.2) is 34.7 Å². The largest absolute Gasteiger partial charge is 0.475 e. The Balaban J connectivity index is 2.35. The predicted molar refractivity (Wildman–Crippen MR) is 60.9 cm³/mol. The summed E-state index contributed by atoms with van der Waals surface area (Å²) in [5.41, 5.74) is 1.04. The molecule has 1 heterocycles. The number of aromatic carboxylic acids is 1. The number of hydrogen-bond acceptors (Lipinski definition) is 3. The lowest BCUT2D eigenvalue weighted by molar-refractivity contribution is 0.0655. The highest BCUT2D eigenvalue weighted by Crippen LogP contribution is 2.26. The Morgan fingerprint density at radius 3 is 2.61 bits per heavy atom. The molecule has 18 heavy (non-hydrogen) atoms. The fraction of sp³-hybridized carbons (Fsp3) is 0.154. The SMILES string of the molecule is Cc1cc(F)ccc1C(O)c1ccc(C(=O)O)o1. The summed E-state index contributed by atoms with van der Waals surface area (Å²) in [6, 6.07) is 6.61. The minimum absolute atomic E-state index is 0.113. The molecule has 0 fully saturated rings. The molecule has 0 spiro atoms. The number of furan rings is 1. The van der Waals surface area contributed by atoms with Gasteiger partial charge in [-0.15, -0.1) is 0 Å². The lowest BCUT2D eigenvalue weighted by Gasteiger charge is -2.11. The molecule has 1 aromatic heterocycles. The summed E-state index contributed by atoms with van der Waals surface area (Å²) >= 11 is 0. The van der Waals surface area contributed by atoms with Crippen molar-refractivity contribution < 1.29 is 23.8 Å². The zero-order valence-electron chi connectivity index (χ0n) is 9.55. The average Bonchev–Trinajstić information content (AvgIpc) is 2.77. The van der Waals surface area contributed by atoms with Gasteiger partial charge in [0.2, 0.25) is 5.76 Å². The third-order valence-electron chi connectivity index (χ3n) is 2.63. The third kappa shape index (κ3) is 2.26. The highest BCUT2D eigenvalue weighted by molar-refractivity contribution is 5.84. The number of rotatable bonds is 3. The summed E-state index contributed by atoms with van der Waals surface area (Å²) in [4.78, 5) is 10.7. The number of aryl methyl sites for hydroxylation is 1. The van der Waals surface area contributed by atoms with Gasteiger partial charge in [-0.1, -0.05) is 6.07 Å². The number of carboxylic acid groups (broad SMARTS) is 1. The van der Waals surface area contributed by atoms with Crippen LogP contribution < -0.4 is 0 Å². The number of aliphatic hydroxyl groups is 1. The second-order valence-corrected chi connectivity index (χ2v) is 3.91. The zero-order chi connectivity index (χ0) is 13.3. The molecule has 0 aliphatic heterocycles. The van der Waals surface area contributed by atoms with Crippen LogP contribution in [0.5, 0.6) is 0 Å². The number of hydrogen-bond donors (Lipinski definition) is 2. The Hall–Kier alpha value is -2.14. The van der Waals surface area contributed by atoms with Crippen LogP contribution in [-0.2, 0) is 0 Å². The van der Waals surface area contributed by atoms with Gasteiger partial charge < -0.3 is 14.6 Å². The molecule has 4 nitrogen and oxygen atoms in total. The Labute approximate surface area is 102 Å². The Bertz CT molecular complexity index is 588. The summed E-state index contributed by atoms with van der Waals surface area (Å²) in [7, 11) is 0. The molecule has 0 bridgehead atoms. The first kappa shape index (κ1) is 12.3. The van der Waals surface area contributed by atoms with Crippen molar-refractivity contribution in [3.05, 3.63) is 58.8 Å².